The maximum absolute atomic E-state index is 13.1. The van der Waals surface area contributed by atoms with Crippen LogP contribution in [-0.4, -0.2) is 41.0 Å². The van der Waals surface area contributed by atoms with Crippen LogP contribution in [-0.2, 0) is 12.8 Å². The largest absolute Gasteiger partial charge is 0.358 e. The summed E-state index contributed by atoms with van der Waals surface area (Å²) in [4.78, 5) is 19.2. The smallest absolute Gasteiger partial charge is 0.253 e. The maximum Gasteiger partial charge on any atom is 0.253 e. The molecule has 3 heterocycles. The van der Waals surface area contributed by atoms with E-state index in [0.29, 0.717) is 12.1 Å². The number of para-hydroxylation sites is 1. The number of carbonyl (C=O) groups excluding carboxylic acids is 1. The van der Waals surface area contributed by atoms with E-state index in [-0.39, 0.29) is 5.91 Å². The summed E-state index contributed by atoms with van der Waals surface area (Å²) in [6.45, 7) is 2.34. The topological polar surface area (TPSA) is 48.1 Å². The van der Waals surface area contributed by atoms with Crippen LogP contribution in [0.3, 0.4) is 0 Å². The van der Waals surface area contributed by atoms with Gasteiger partial charge in [0.1, 0.15) is 0 Å². The molecule has 1 aromatic carbocycles. The van der Waals surface area contributed by atoms with E-state index in [0.717, 1.165) is 36.9 Å². The molecule has 132 valence electrons. The van der Waals surface area contributed by atoms with Crippen molar-refractivity contribution in [1.29, 1.82) is 0 Å². The van der Waals surface area contributed by atoms with E-state index < -0.39 is 0 Å². The molecule has 0 bridgehead atoms. The number of fused-ring (bicyclic) bond motifs is 4. The first-order chi connectivity index (χ1) is 12.3. The Hall–Kier alpha value is -1.81. The fraction of sp³-hybridized carbons (Fsp3) is 0.571. The number of rotatable bonds is 2. The third-order valence-electron chi connectivity index (χ3n) is 6.55. The lowest BCUT2D eigenvalue weighted by atomic mass is 9.95. The van der Waals surface area contributed by atoms with Gasteiger partial charge in [-0.2, -0.15) is 0 Å². The molecule has 4 nitrogen and oxygen atoms in total. The molecule has 0 radical (unpaired) electrons. The second kappa shape index (κ2) is 6.17. The van der Waals surface area contributed by atoms with E-state index in [2.05, 4.69) is 21.3 Å². The molecule has 2 fully saturated rings. The monoisotopic (exact) mass is 337 g/mol. The van der Waals surface area contributed by atoms with Crippen molar-refractivity contribution < 1.29 is 4.79 Å². The van der Waals surface area contributed by atoms with Crippen LogP contribution in [0.25, 0.3) is 10.9 Å². The number of nitrogens with one attached hydrogen (secondary N) is 2. The van der Waals surface area contributed by atoms with Gasteiger partial charge in [-0.25, -0.2) is 0 Å². The quantitative estimate of drug-likeness (QED) is 0.882. The normalized spacial score (nSPS) is 26.4. The lowest BCUT2D eigenvalue weighted by Gasteiger charge is -2.32. The molecule has 4 heteroatoms. The van der Waals surface area contributed by atoms with Crippen LogP contribution in [0.5, 0.6) is 0 Å². The molecule has 5 rings (SSSR count). The number of benzene rings is 1. The predicted octanol–water partition coefficient (Wildman–Crippen LogP) is 3.40. The highest BCUT2D eigenvalue weighted by molar-refractivity contribution is 6.07. The van der Waals surface area contributed by atoms with E-state index in [1.165, 1.54) is 55.3 Å². The molecule has 0 saturated carbocycles. The molecule has 1 aliphatic carbocycles. The molecule has 2 atom stereocenters. The third-order valence-corrected chi connectivity index (χ3v) is 6.55. The highest BCUT2D eigenvalue weighted by Crippen LogP contribution is 2.31. The zero-order valence-electron chi connectivity index (χ0n) is 14.8. The molecular weight excluding hydrogens is 310 g/mol. The molecule has 3 aliphatic rings. The van der Waals surface area contributed by atoms with Crippen LogP contribution in [0.15, 0.2) is 18.2 Å². The summed E-state index contributed by atoms with van der Waals surface area (Å²) >= 11 is 0. The summed E-state index contributed by atoms with van der Waals surface area (Å²) in [5.74, 6) is 0.0987. The van der Waals surface area contributed by atoms with Gasteiger partial charge in [0.05, 0.1) is 11.1 Å². The summed E-state index contributed by atoms with van der Waals surface area (Å²) in [7, 11) is 0. The number of H-pyrrole nitrogens is 1. The van der Waals surface area contributed by atoms with Crippen LogP contribution >= 0.6 is 0 Å². The molecule has 0 unspecified atom stereocenters. The maximum atomic E-state index is 13.1. The van der Waals surface area contributed by atoms with Crippen molar-refractivity contribution >= 4 is 16.8 Å². The van der Waals surface area contributed by atoms with Gasteiger partial charge in [-0.3, -0.25) is 9.69 Å². The van der Waals surface area contributed by atoms with E-state index in [1.54, 1.807) is 0 Å². The van der Waals surface area contributed by atoms with Crippen molar-refractivity contribution in [2.24, 2.45) is 0 Å². The lowest BCUT2D eigenvalue weighted by molar-refractivity contribution is 0.0917. The van der Waals surface area contributed by atoms with Gasteiger partial charge >= 0.3 is 0 Å². The predicted molar refractivity (Wildman–Crippen MR) is 100 cm³/mol. The number of piperidine rings is 1. The minimum absolute atomic E-state index is 0.0987. The zero-order valence-corrected chi connectivity index (χ0v) is 14.8. The minimum atomic E-state index is 0.0987. The number of aromatic amines is 1. The van der Waals surface area contributed by atoms with Gasteiger partial charge in [0.2, 0.25) is 0 Å². The SMILES string of the molecule is O=C(N[C@@H]1CCN2CCCC[C@H]12)c1cccc2c3c([nH]c12)CCCC3. The van der Waals surface area contributed by atoms with Crippen LogP contribution in [0.2, 0.25) is 0 Å². The van der Waals surface area contributed by atoms with Crippen molar-refractivity contribution in [2.75, 3.05) is 13.1 Å². The first kappa shape index (κ1) is 15.4. The van der Waals surface area contributed by atoms with Gasteiger partial charge in [0.25, 0.3) is 5.91 Å². The first-order valence-corrected chi connectivity index (χ1v) is 9.98. The minimum Gasteiger partial charge on any atom is -0.358 e. The molecule has 0 spiro atoms. The Morgan fingerprint density at radius 2 is 2.00 bits per heavy atom. The molecule has 2 aromatic rings. The van der Waals surface area contributed by atoms with Gasteiger partial charge in [-0.1, -0.05) is 18.6 Å². The van der Waals surface area contributed by atoms with Gasteiger partial charge < -0.3 is 10.3 Å². The number of amides is 1. The van der Waals surface area contributed by atoms with Gasteiger partial charge in [-0.15, -0.1) is 0 Å². The Kier molecular flexibility index (Phi) is 3.81. The fourth-order valence-corrected chi connectivity index (χ4v) is 5.28. The molecule has 2 aliphatic heterocycles. The number of hydrogen-bond acceptors (Lipinski definition) is 2. The average molecular weight is 337 g/mol. The second-order valence-corrected chi connectivity index (χ2v) is 7.99. The Morgan fingerprint density at radius 3 is 2.96 bits per heavy atom. The van der Waals surface area contributed by atoms with E-state index in [9.17, 15) is 4.79 Å². The molecule has 25 heavy (non-hydrogen) atoms. The van der Waals surface area contributed by atoms with E-state index in [1.807, 2.05) is 12.1 Å². The number of aryl methyl sites for hydroxylation is 2. The van der Waals surface area contributed by atoms with Crippen molar-refractivity contribution in [3.8, 4) is 0 Å². The first-order valence-electron chi connectivity index (χ1n) is 9.98. The summed E-state index contributed by atoms with van der Waals surface area (Å²) in [6.07, 6.45) is 9.69. The Bertz CT molecular complexity index is 809. The summed E-state index contributed by atoms with van der Waals surface area (Å²) in [5.41, 5.74) is 4.66. The van der Waals surface area contributed by atoms with Crippen molar-refractivity contribution in [3.05, 3.63) is 35.0 Å². The molecule has 2 N–H and O–H groups in total. The Balaban J connectivity index is 1.43. The zero-order chi connectivity index (χ0) is 16.8. The summed E-state index contributed by atoms with van der Waals surface area (Å²) in [6, 6.07) is 7.06. The van der Waals surface area contributed by atoms with Crippen molar-refractivity contribution in [1.82, 2.24) is 15.2 Å². The molecule has 1 aromatic heterocycles. The number of hydrogen-bond donors (Lipinski definition) is 2. The average Bonchev–Trinajstić information content (AvgIpc) is 3.23. The van der Waals surface area contributed by atoms with Crippen LogP contribution in [0, 0.1) is 0 Å². The van der Waals surface area contributed by atoms with E-state index in [4.69, 9.17) is 0 Å². The number of aromatic nitrogens is 1. The van der Waals surface area contributed by atoms with Gasteiger partial charge in [0, 0.05) is 29.7 Å². The Morgan fingerprint density at radius 1 is 1.08 bits per heavy atom. The highest BCUT2D eigenvalue weighted by atomic mass is 16.1. The van der Waals surface area contributed by atoms with Crippen LogP contribution < -0.4 is 5.32 Å². The summed E-state index contributed by atoms with van der Waals surface area (Å²) < 4.78 is 0. The van der Waals surface area contributed by atoms with E-state index >= 15 is 0 Å². The fourth-order valence-electron chi connectivity index (χ4n) is 5.28. The van der Waals surface area contributed by atoms with Gasteiger partial charge in [-0.05, 0) is 63.1 Å². The Labute approximate surface area is 149 Å². The molecule has 1 amide bonds. The molecular formula is C21H27N3O. The lowest BCUT2D eigenvalue weighted by Crippen LogP contribution is -2.46. The summed E-state index contributed by atoms with van der Waals surface area (Å²) in [5, 5.41) is 4.62. The second-order valence-electron chi connectivity index (χ2n) is 7.99. The third kappa shape index (κ3) is 2.58. The standard InChI is InChI=1S/C21H27N3O/c25-21(23-18-11-13-24-12-4-3-10-19(18)24)16-8-5-7-15-14-6-1-2-9-17(14)22-20(15)16/h5,7-8,18-19,22H,1-4,6,9-13H2,(H,23,25)/t18-,19-/m1/s1. The van der Waals surface area contributed by atoms with Crippen LogP contribution in [0.1, 0.15) is 60.1 Å². The van der Waals surface area contributed by atoms with Gasteiger partial charge in [0.15, 0.2) is 0 Å². The number of nitrogens with zero attached hydrogens (tertiary/aromatic N) is 1. The molecule has 2 saturated heterocycles. The van der Waals surface area contributed by atoms with Crippen LogP contribution in [0.4, 0.5) is 0 Å². The van der Waals surface area contributed by atoms with Crippen molar-refractivity contribution in [2.45, 2.75) is 63.5 Å². The van der Waals surface area contributed by atoms with Crippen molar-refractivity contribution in [3.63, 3.8) is 0 Å². The number of carbonyl (C=O) groups is 1. The highest BCUT2D eigenvalue weighted by Gasteiger charge is 2.36.